The lowest BCUT2D eigenvalue weighted by molar-refractivity contribution is -0.153. The molecule has 0 aliphatic carbocycles. The first-order valence-electron chi connectivity index (χ1n) is 16.7. The average molecular weight is 657 g/mol. The van der Waals surface area contributed by atoms with E-state index in [9.17, 15) is 19.2 Å². The van der Waals surface area contributed by atoms with E-state index in [1.54, 1.807) is 44.9 Å². The second kappa shape index (κ2) is 16.7. The minimum absolute atomic E-state index is 0.0227. The molecule has 264 valence electrons. The van der Waals surface area contributed by atoms with Crippen LogP contribution in [0.2, 0.25) is 0 Å². The molecule has 3 amide bonds. The van der Waals surface area contributed by atoms with E-state index in [2.05, 4.69) is 10.6 Å². The molecule has 1 aliphatic heterocycles. The van der Waals surface area contributed by atoms with Gasteiger partial charge < -0.3 is 29.9 Å². The number of likely N-dealkylation sites (N-methyl/N-ethyl adjacent to an activating group) is 2. The van der Waals surface area contributed by atoms with Crippen LogP contribution in [0.1, 0.15) is 80.7 Å². The van der Waals surface area contributed by atoms with Crippen molar-refractivity contribution in [3.05, 3.63) is 47.5 Å². The summed E-state index contributed by atoms with van der Waals surface area (Å²) in [7, 11) is 6.38. The summed E-state index contributed by atoms with van der Waals surface area (Å²) in [5, 5.41) is 6.27. The molecule has 47 heavy (non-hydrogen) atoms. The number of benzene rings is 1. The van der Waals surface area contributed by atoms with Crippen LogP contribution in [0.5, 0.6) is 0 Å². The molecule has 0 aromatic heterocycles. The summed E-state index contributed by atoms with van der Waals surface area (Å²) < 4.78 is 10.7. The lowest BCUT2D eigenvalue weighted by Crippen LogP contribution is -2.61. The molecule has 1 aromatic rings. The van der Waals surface area contributed by atoms with Gasteiger partial charge in [0.1, 0.15) is 6.04 Å². The molecule has 0 radical (unpaired) electrons. The lowest BCUT2D eigenvalue weighted by atomic mass is 9.76. The molecule has 0 spiro atoms. The summed E-state index contributed by atoms with van der Waals surface area (Å²) in [6, 6.07) is 7.74. The van der Waals surface area contributed by atoms with Crippen LogP contribution in [0.4, 0.5) is 0 Å². The van der Waals surface area contributed by atoms with E-state index in [1.807, 2.05) is 84.9 Å². The van der Waals surface area contributed by atoms with Gasteiger partial charge in [0.15, 0.2) is 0 Å². The summed E-state index contributed by atoms with van der Waals surface area (Å²) in [5.41, 5.74) is 0.363. The highest BCUT2D eigenvalue weighted by atomic mass is 16.5. The number of methoxy groups -OCH3 is 2. The molecule has 0 bridgehead atoms. The average Bonchev–Trinajstić information content (AvgIpc) is 3.50. The van der Waals surface area contributed by atoms with Crippen molar-refractivity contribution in [3.8, 4) is 0 Å². The number of ether oxygens (including phenoxy) is 2. The Morgan fingerprint density at radius 2 is 1.60 bits per heavy atom. The topological polar surface area (TPSA) is 117 Å². The number of esters is 1. The minimum atomic E-state index is -0.821. The van der Waals surface area contributed by atoms with Crippen LogP contribution >= 0.6 is 0 Å². The highest BCUT2D eigenvalue weighted by molar-refractivity contribution is 5.94. The maximum atomic E-state index is 14.3. The highest BCUT2D eigenvalue weighted by Crippen LogP contribution is 2.30. The van der Waals surface area contributed by atoms with Gasteiger partial charge in [0.2, 0.25) is 17.7 Å². The Hall–Kier alpha value is -3.24. The molecule has 1 saturated heterocycles. The van der Waals surface area contributed by atoms with Crippen molar-refractivity contribution in [1.29, 1.82) is 0 Å². The van der Waals surface area contributed by atoms with Crippen LogP contribution in [0.3, 0.4) is 0 Å². The number of hydrogen-bond acceptors (Lipinski definition) is 7. The number of carbonyl (C=O) groups excluding carboxylic acids is 4. The van der Waals surface area contributed by atoms with Crippen LogP contribution in [0.15, 0.2) is 42.0 Å². The lowest BCUT2D eigenvalue weighted by Gasteiger charge is -2.40. The number of carbonyl (C=O) groups is 4. The molecular weight excluding hydrogens is 596 g/mol. The van der Waals surface area contributed by atoms with E-state index >= 15 is 0 Å². The van der Waals surface area contributed by atoms with Gasteiger partial charge in [-0.2, -0.15) is 0 Å². The Balaban J connectivity index is 2.35. The Morgan fingerprint density at radius 3 is 2.09 bits per heavy atom. The molecule has 10 nitrogen and oxygen atoms in total. The summed E-state index contributed by atoms with van der Waals surface area (Å²) in [4.78, 5) is 57.7. The van der Waals surface area contributed by atoms with Crippen molar-refractivity contribution in [3.63, 3.8) is 0 Å². The van der Waals surface area contributed by atoms with Crippen molar-refractivity contribution in [2.75, 3.05) is 34.9 Å². The predicted molar refractivity (Wildman–Crippen MR) is 186 cm³/mol. The molecule has 1 fully saturated rings. The zero-order chi connectivity index (χ0) is 35.9. The number of rotatable bonds is 14. The molecule has 2 N–H and O–H groups in total. The Kier molecular flexibility index (Phi) is 14.2. The van der Waals surface area contributed by atoms with Gasteiger partial charge in [-0.3, -0.25) is 19.2 Å². The van der Waals surface area contributed by atoms with Gasteiger partial charge in [-0.1, -0.05) is 84.9 Å². The van der Waals surface area contributed by atoms with Gasteiger partial charge in [0.25, 0.3) is 0 Å². The first-order chi connectivity index (χ1) is 21.8. The van der Waals surface area contributed by atoms with E-state index in [4.69, 9.17) is 9.47 Å². The second-order valence-corrected chi connectivity index (χ2v) is 14.9. The summed E-state index contributed by atoms with van der Waals surface area (Å²) in [6.45, 7) is 17.9. The molecule has 10 heteroatoms. The van der Waals surface area contributed by atoms with Crippen molar-refractivity contribution in [2.24, 2.45) is 17.3 Å². The van der Waals surface area contributed by atoms with E-state index in [0.29, 0.717) is 18.5 Å². The fraction of sp³-hybridized carbons (Fsp3) is 0.676. The zero-order valence-corrected chi connectivity index (χ0v) is 31.0. The normalized spacial score (nSPS) is 19.1. The number of likely N-dealkylation sites (tertiary alicyclic amines) is 1. The largest absolute Gasteiger partial charge is 0.469 e. The van der Waals surface area contributed by atoms with E-state index in [1.165, 1.54) is 7.11 Å². The van der Waals surface area contributed by atoms with Crippen molar-refractivity contribution >= 4 is 23.7 Å². The fourth-order valence-electron chi connectivity index (χ4n) is 6.78. The van der Waals surface area contributed by atoms with E-state index in [-0.39, 0.29) is 35.7 Å². The summed E-state index contributed by atoms with van der Waals surface area (Å²) in [5.74, 6) is -1.60. The second-order valence-electron chi connectivity index (χ2n) is 14.9. The van der Waals surface area contributed by atoms with Crippen LogP contribution in [-0.4, -0.2) is 98.6 Å². The molecule has 1 heterocycles. The molecule has 1 aromatic carbocycles. The third kappa shape index (κ3) is 9.44. The van der Waals surface area contributed by atoms with Crippen molar-refractivity contribution < 1.29 is 28.7 Å². The van der Waals surface area contributed by atoms with Crippen molar-refractivity contribution in [2.45, 2.75) is 111 Å². The molecule has 0 unspecified atom stereocenters. The number of hydrogen-bond donors (Lipinski definition) is 2. The maximum absolute atomic E-state index is 14.3. The number of nitrogens with one attached hydrogen (secondary N) is 2. The predicted octanol–water partition coefficient (Wildman–Crippen LogP) is 4.33. The van der Waals surface area contributed by atoms with Crippen LogP contribution in [0.25, 0.3) is 0 Å². The first kappa shape index (κ1) is 39.9. The standard InChI is InChI=1S/C37H60N4O6/c1-23(2)28(22-24(3)33(43)41-21-17-20-27(41)29(46-12)25(4)35(45)47-13)40(11)34(44)31(36(5,6)7)39-32(42)30(38-10)37(8,9)26-18-15-14-16-19-26/h14-16,18-19,22-23,25,27-31,38H,17,20-21H2,1-13H3,(H,39,42)/t25-,27+,28-,29-,30-,31-/m1/s1. The third-order valence-corrected chi connectivity index (χ3v) is 9.70. The zero-order valence-electron chi connectivity index (χ0n) is 31.0. The quantitative estimate of drug-likeness (QED) is 0.226. The van der Waals surface area contributed by atoms with Gasteiger partial charge in [-0.05, 0) is 50.6 Å². The van der Waals surface area contributed by atoms with E-state index < -0.39 is 41.0 Å². The van der Waals surface area contributed by atoms with E-state index in [0.717, 1.165) is 12.0 Å². The van der Waals surface area contributed by atoms with Gasteiger partial charge in [-0.25, -0.2) is 0 Å². The molecule has 0 saturated carbocycles. The summed E-state index contributed by atoms with van der Waals surface area (Å²) in [6.07, 6.45) is 2.86. The molecule has 6 atom stereocenters. The third-order valence-electron chi connectivity index (χ3n) is 9.70. The Labute approximate surface area is 283 Å². The number of amides is 3. The Bertz CT molecular complexity index is 1260. The monoisotopic (exact) mass is 656 g/mol. The Morgan fingerprint density at radius 1 is 1.00 bits per heavy atom. The smallest absolute Gasteiger partial charge is 0.311 e. The fourth-order valence-corrected chi connectivity index (χ4v) is 6.78. The molecular formula is C37H60N4O6. The minimum Gasteiger partial charge on any atom is -0.469 e. The maximum Gasteiger partial charge on any atom is 0.311 e. The van der Waals surface area contributed by atoms with Gasteiger partial charge in [-0.15, -0.1) is 0 Å². The molecule has 1 aliphatic rings. The van der Waals surface area contributed by atoms with Gasteiger partial charge in [0, 0.05) is 31.7 Å². The summed E-state index contributed by atoms with van der Waals surface area (Å²) >= 11 is 0. The number of nitrogens with zero attached hydrogens (tertiary/aromatic N) is 2. The van der Waals surface area contributed by atoms with Crippen LogP contribution in [0, 0.1) is 17.3 Å². The van der Waals surface area contributed by atoms with Crippen LogP contribution < -0.4 is 10.6 Å². The van der Waals surface area contributed by atoms with Gasteiger partial charge in [0.05, 0.1) is 37.3 Å². The van der Waals surface area contributed by atoms with Crippen molar-refractivity contribution in [1.82, 2.24) is 20.4 Å². The first-order valence-corrected chi connectivity index (χ1v) is 16.7. The highest BCUT2D eigenvalue weighted by Gasteiger charge is 2.43. The van der Waals surface area contributed by atoms with Gasteiger partial charge >= 0.3 is 5.97 Å². The van der Waals surface area contributed by atoms with Crippen LogP contribution in [-0.2, 0) is 34.1 Å². The molecule has 2 rings (SSSR count). The SMILES string of the molecule is CN[C@H](C(=O)N[C@H](C(=O)N(C)[C@H](C=C(C)C(=O)N1CCC[C@H]1[C@H](OC)[C@@H](C)C(=O)OC)C(C)C)C(C)(C)C)C(C)(C)c1ccccc1.